The van der Waals surface area contributed by atoms with Crippen molar-refractivity contribution in [3.05, 3.63) is 28.8 Å². The first-order chi connectivity index (χ1) is 9.96. The van der Waals surface area contributed by atoms with Gasteiger partial charge in [0, 0.05) is 13.7 Å². The number of amides is 2. The molecule has 2 rings (SSSR count). The second-order valence-electron chi connectivity index (χ2n) is 5.05. The smallest absolute Gasteiger partial charge is 0.335 e. The molecule has 0 saturated heterocycles. The number of carboxylic acid groups (broad SMARTS) is 1. The molecule has 0 bridgehead atoms. The van der Waals surface area contributed by atoms with E-state index in [1.807, 2.05) is 0 Å². The van der Waals surface area contributed by atoms with E-state index in [0.29, 0.717) is 12.2 Å². The molecule has 0 unspecified atom stereocenters. The zero-order valence-corrected chi connectivity index (χ0v) is 12.4. The molecule has 114 valence electrons. The number of ether oxygens (including phenoxy) is 1. The Morgan fingerprint density at radius 3 is 2.62 bits per heavy atom. The number of hydrogen-bond donors (Lipinski definition) is 3. The van der Waals surface area contributed by atoms with Crippen LogP contribution in [0.25, 0.3) is 0 Å². The molecule has 0 spiro atoms. The molecule has 21 heavy (non-hydrogen) atoms. The van der Waals surface area contributed by atoms with Gasteiger partial charge in [-0.1, -0.05) is 11.6 Å². The number of hydrogen-bond acceptors (Lipinski definition) is 3. The molecule has 2 amide bonds. The van der Waals surface area contributed by atoms with Gasteiger partial charge in [0.15, 0.2) is 0 Å². The number of benzene rings is 1. The van der Waals surface area contributed by atoms with Crippen molar-refractivity contribution < 1.29 is 19.4 Å². The first kappa shape index (κ1) is 15.6. The third-order valence-electron chi connectivity index (χ3n) is 3.73. The molecule has 3 N–H and O–H groups in total. The van der Waals surface area contributed by atoms with Crippen molar-refractivity contribution in [3.8, 4) is 0 Å². The van der Waals surface area contributed by atoms with Crippen LogP contribution in [-0.2, 0) is 4.74 Å². The molecule has 6 nitrogen and oxygen atoms in total. The van der Waals surface area contributed by atoms with E-state index in [-0.39, 0.29) is 16.2 Å². The van der Waals surface area contributed by atoms with Crippen LogP contribution in [0.3, 0.4) is 0 Å². The number of anilines is 1. The zero-order valence-electron chi connectivity index (χ0n) is 11.6. The standard InChI is InChI=1S/C14H17ClN2O4/c1-21-14(5-2-6-14)8-16-13(20)17-11-4-3-9(12(18)19)7-10(11)15/h3-4,7H,2,5-6,8H2,1H3,(H,18,19)(H2,16,17,20). The van der Waals surface area contributed by atoms with Crippen LogP contribution in [0.4, 0.5) is 10.5 Å². The van der Waals surface area contributed by atoms with Crippen molar-refractivity contribution in [2.75, 3.05) is 19.0 Å². The Bertz CT molecular complexity index is 552. The van der Waals surface area contributed by atoms with Crippen molar-refractivity contribution in [2.24, 2.45) is 0 Å². The number of carboxylic acids is 1. The van der Waals surface area contributed by atoms with Crippen molar-refractivity contribution >= 4 is 29.3 Å². The van der Waals surface area contributed by atoms with E-state index in [2.05, 4.69) is 10.6 Å². The highest BCUT2D eigenvalue weighted by molar-refractivity contribution is 6.34. The van der Waals surface area contributed by atoms with Gasteiger partial charge in [-0.05, 0) is 37.5 Å². The molecule has 1 aliphatic carbocycles. The molecule has 1 fully saturated rings. The maximum absolute atomic E-state index is 11.8. The lowest BCUT2D eigenvalue weighted by molar-refractivity contribution is -0.0671. The van der Waals surface area contributed by atoms with E-state index in [4.69, 9.17) is 21.4 Å². The summed E-state index contributed by atoms with van der Waals surface area (Å²) in [5.74, 6) is -1.07. The highest BCUT2D eigenvalue weighted by Gasteiger charge is 2.37. The first-order valence-corrected chi connectivity index (χ1v) is 6.96. The van der Waals surface area contributed by atoms with Crippen LogP contribution >= 0.6 is 11.6 Å². The number of rotatable bonds is 5. The number of carbonyl (C=O) groups is 2. The maximum Gasteiger partial charge on any atom is 0.335 e. The van der Waals surface area contributed by atoms with Gasteiger partial charge in [-0.15, -0.1) is 0 Å². The van der Waals surface area contributed by atoms with E-state index in [0.717, 1.165) is 19.3 Å². The predicted octanol–water partition coefficient (Wildman–Crippen LogP) is 2.73. The Morgan fingerprint density at radius 2 is 2.14 bits per heavy atom. The molecule has 0 aliphatic heterocycles. The van der Waals surface area contributed by atoms with Gasteiger partial charge in [0.25, 0.3) is 0 Å². The zero-order chi connectivity index (χ0) is 15.5. The molecular weight excluding hydrogens is 296 g/mol. The van der Waals surface area contributed by atoms with Crippen LogP contribution < -0.4 is 10.6 Å². The van der Waals surface area contributed by atoms with Crippen molar-refractivity contribution in [2.45, 2.75) is 24.9 Å². The third kappa shape index (κ3) is 3.65. The third-order valence-corrected chi connectivity index (χ3v) is 4.05. The summed E-state index contributed by atoms with van der Waals surface area (Å²) < 4.78 is 5.41. The Labute approximate surface area is 127 Å². The van der Waals surface area contributed by atoms with Crippen molar-refractivity contribution in [3.63, 3.8) is 0 Å². The van der Waals surface area contributed by atoms with Crippen molar-refractivity contribution in [1.29, 1.82) is 0 Å². The fraction of sp³-hybridized carbons (Fsp3) is 0.429. The second-order valence-corrected chi connectivity index (χ2v) is 5.46. The summed E-state index contributed by atoms with van der Waals surface area (Å²) in [4.78, 5) is 22.6. The summed E-state index contributed by atoms with van der Waals surface area (Å²) in [6.07, 6.45) is 2.95. The molecule has 0 atom stereocenters. The number of urea groups is 1. The van der Waals surface area contributed by atoms with Gasteiger partial charge in [-0.2, -0.15) is 0 Å². The van der Waals surface area contributed by atoms with E-state index < -0.39 is 12.0 Å². The number of nitrogens with one attached hydrogen (secondary N) is 2. The molecule has 1 saturated carbocycles. The number of methoxy groups -OCH3 is 1. The highest BCUT2D eigenvalue weighted by atomic mass is 35.5. The Balaban J connectivity index is 1.92. The summed E-state index contributed by atoms with van der Waals surface area (Å²) in [6.45, 7) is 0.431. The minimum Gasteiger partial charge on any atom is -0.478 e. The van der Waals surface area contributed by atoms with Crippen LogP contribution in [-0.4, -0.2) is 36.4 Å². The first-order valence-electron chi connectivity index (χ1n) is 6.59. The minimum absolute atomic E-state index is 0.0683. The number of halogens is 1. The maximum atomic E-state index is 11.8. The van der Waals surface area contributed by atoms with Gasteiger partial charge in [0.2, 0.25) is 0 Å². The fourth-order valence-electron chi connectivity index (χ4n) is 2.18. The van der Waals surface area contributed by atoms with Gasteiger partial charge < -0.3 is 20.5 Å². The van der Waals surface area contributed by atoms with E-state index in [1.165, 1.54) is 18.2 Å². The Kier molecular flexibility index (Phi) is 4.69. The SMILES string of the molecule is COC1(CNC(=O)Nc2ccc(C(=O)O)cc2Cl)CCC1. The second kappa shape index (κ2) is 6.32. The predicted molar refractivity (Wildman–Crippen MR) is 79.0 cm³/mol. The van der Waals surface area contributed by atoms with Gasteiger partial charge >= 0.3 is 12.0 Å². The quantitative estimate of drug-likeness (QED) is 0.780. The van der Waals surface area contributed by atoms with Crippen LogP contribution in [0.2, 0.25) is 5.02 Å². The lowest BCUT2D eigenvalue weighted by Crippen LogP contribution is -2.50. The summed E-state index contributed by atoms with van der Waals surface area (Å²) >= 11 is 5.94. The molecule has 0 radical (unpaired) electrons. The van der Waals surface area contributed by atoms with E-state index >= 15 is 0 Å². The largest absolute Gasteiger partial charge is 0.478 e. The van der Waals surface area contributed by atoms with E-state index in [1.54, 1.807) is 7.11 Å². The lowest BCUT2D eigenvalue weighted by Gasteiger charge is -2.40. The van der Waals surface area contributed by atoms with Crippen molar-refractivity contribution in [1.82, 2.24) is 5.32 Å². The normalized spacial score (nSPS) is 15.9. The average Bonchev–Trinajstić information content (AvgIpc) is 2.40. The lowest BCUT2D eigenvalue weighted by atomic mass is 9.80. The van der Waals surface area contributed by atoms with Crippen LogP contribution in [0, 0.1) is 0 Å². The summed E-state index contributed by atoms with van der Waals surface area (Å²) in [6, 6.07) is 3.73. The topological polar surface area (TPSA) is 87.7 Å². The van der Waals surface area contributed by atoms with Gasteiger partial charge in [-0.25, -0.2) is 9.59 Å². The molecule has 1 aromatic rings. The summed E-state index contributed by atoms with van der Waals surface area (Å²) in [5.41, 5.74) is 0.173. The Hall–Kier alpha value is -1.79. The van der Waals surface area contributed by atoms with Gasteiger partial charge in [0.05, 0.1) is 21.9 Å². The molecule has 7 heteroatoms. The van der Waals surface area contributed by atoms with Crippen LogP contribution in [0.5, 0.6) is 0 Å². The van der Waals surface area contributed by atoms with Crippen LogP contribution in [0.1, 0.15) is 29.6 Å². The number of carbonyl (C=O) groups excluding carboxylic acids is 1. The number of aromatic carboxylic acids is 1. The molecular formula is C14H17ClN2O4. The molecule has 0 aromatic heterocycles. The summed E-state index contributed by atoms with van der Waals surface area (Å²) in [7, 11) is 1.64. The van der Waals surface area contributed by atoms with Crippen LogP contribution in [0.15, 0.2) is 18.2 Å². The fourth-order valence-corrected chi connectivity index (χ4v) is 2.41. The highest BCUT2D eigenvalue weighted by Crippen LogP contribution is 2.34. The van der Waals surface area contributed by atoms with Gasteiger partial charge in [0.1, 0.15) is 0 Å². The summed E-state index contributed by atoms with van der Waals surface area (Å²) in [5, 5.41) is 14.4. The monoisotopic (exact) mass is 312 g/mol. The molecule has 1 aliphatic rings. The minimum atomic E-state index is -1.07. The van der Waals surface area contributed by atoms with Gasteiger partial charge in [-0.3, -0.25) is 0 Å². The average molecular weight is 313 g/mol. The molecule has 0 heterocycles. The molecule has 1 aromatic carbocycles. The Morgan fingerprint density at radius 1 is 1.43 bits per heavy atom. The van der Waals surface area contributed by atoms with E-state index in [9.17, 15) is 9.59 Å².